The first-order valence-electron chi connectivity index (χ1n) is 6.42. The molecule has 0 saturated carbocycles. The number of hydrogen-bond acceptors (Lipinski definition) is 7. The van der Waals surface area contributed by atoms with Crippen LogP contribution in [0.2, 0.25) is 0 Å². The Morgan fingerprint density at radius 2 is 1.82 bits per heavy atom. The number of nitrogens with zero attached hydrogens (tertiary/aromatic N) is 1. The molecule has 0 spiro atoms. The molecule has 1 rings (SSSR count). The first-order chi connectivity index (χ1) is 10.5. The molecular weight excluding hydrogens is 292 g/mol. The topological polar surface area (TPSA) is 95.5 Å². The molecule has 0 radical (unpaired) electrons. The number of carbonyl (C=O) groups excluding carboxylic acids is 2. The van der Waals surface area contributed by atoms with Gasteiger partial charge in [-0.25, -0.2) is 10.2 Å². The molecule has 0 atom stereocenters. The van der Waals surface area contributed by atoms with Gasteiger partial charge in [0.2, 0.25) is 5.75 Å². The van der Waals surface area contributed by atoms with Crippen LogP contribution in [-0.2, 0) is 9.53 Å². The molecule has 0 aliphatic carbocycles. The van der Waals surface area contributed by atoms with E-state index < -0.39 is 12.1 Å². The van der Waals surface area contributed by atoms with Crippen molar-refractivity contribution in [3.8, 4) is 17.2 Å². The summed E-state index contributed by atoms with van der Waals surface area (Å²) in [4.78, 5) is 22.2. The van der Waals surface area contributed by atoms with Crippen molar-refractivity contribution in [2.24, 2.45) is 5.10 Å². The fourth-order valence-electron chi connectivity index (χ4n) is 1.54. The minimum atomic E-state index is -0.658. The van der Waals surface area contributed by atoms with Crippen LogP contribution < -0.4 is 19.6 Å². The summed E-state index contributed by atoms with van der Waals surface area (Å²) in [5.41, 5.74) is 2.77. The van der Waals surface area contributed by atoms with E-state index in [4.69, 9.17) is 14.2 Å². The smallest absolute Gasteiger partial charge is 0.427 e. The first kappa shape index (κ1) is 17.3. The van der Waals surface area contributed by atoms with Crippen LogP contribution >= 0.6 is 0 Å². The van der Waals surface area contributed by atoms with E-state index >= 15 is 0 Å². The summed E-state index contributed by atoms with van der Waals surface area (Å²) in [6.45, 7) is 3.21. The Labute approximate surface area is 128 Å². The molecule has 22 heavy (non-hydrogen) atoms. The SMILES string of the molecule is CCOC(=O)N/N=C\c1cc(OC)c(OC(C)=O)c(OC)c1. The van der Waals surface area contributed by atoms with Crippen LogP contribution in [0.5, 0.6) is 17.2 Å². The van der Waals surface area contributed by atoms with E-state index in [-0.39, 0.29) is 12.4 Å². The second-order valence-electron chi connectivity index (χ2n) is 3.94. The standard InChI is InChI=1S/C14H18N2O6/c1-5-21-14(18)16-15-8-10-6-11(19-3)13(22-9(2)17)12(7-10)20-4/h6-8H,5H2,1-4H3,(H,16,18)/b15-8-. The Morgan fingerprint density at radius 3 is 2.27 bits per heavy atom. The van der Waals surface area contributed by atoms with Gasteiger partial charge in [-0.3, -0.25) is 4.79 Å². The maximum atomic E-state index is 11.1. The van der Waals surface area contributed by atoms with Crippen molar-refractivity contribution in [1.29, 1.82) is 0 Å². The second-order valence-corrected chi connectivity index (χ2v) is 3.94. The molecule has 120 valence electrons. The molecule has 0 unspecified atom stereocenters. The van der Waals surface area contributed by atoms with E-state index in [1.54, 1.807) is 19.1 Å². The predicted molar refractivity (Wildman–Crippen MR) is 78.6 cm³/mol. The summed E-state index contributed by atoms with van der Waals surface area (Å²) in [6, 6.07) is 3.16. The number of hydrazone groups is 1. The molecule has 0 fully saturated rings. The zero-order chi connectivity index (χ0) is 16.5. The van der Waals surface area contributed by atoms with E-state index in [0.717, 1.165) is 0 Å². The highest BCUT2D eigenvalue weighted by molar-refractivity contribution is 5.84. The van der Waals surface area contributed by atoms with E-state index in [0.29, 0.717) is 17.1 Å². The van der Waals surface area contributed by atoms with Gasteiger partial charge in [-0.2, -0.15) is 5.10 Å². The summed E-state index contributed by atoms with van der Waals surface area (Å²) in [5, 5.41) is 3.73. The van der Waals surface area contributed by atoms with Gasteiger partial charge in [0.25, 0.3) is 0 Å². The molecule has 0 bridgehead atoms. The van der Waals surface area contributed by atoms with E-state index in [1.165, 1.54) is 27.4 Å². The Balaban J connectivity index is 3.00. The van der Waals surface area contributed by atoms with Crippen LogP contribution in [-0.4, -0.2) is 39.1 Å². The number of carbonyl (C=O) groups is 2. The third-order valence-electron chi connectivity index (χ3n) is 2.37. The molecular formula is C14H18N2O6. The first-order valence-corrected chi connectivity index (χ1v) is 6.42. The quantitative estimate of drug-likeness (QED) is 0.372. The van der Waals surface area contributed by atoms with Crippen LogP contribution in [0.15, 0.2) is 17.2 Å². The summed E-state index contributed by atoms with van der Waals surface area (Å²) in [6.07, 6.45) is 0.716. The van der Waals surface area contributed by atoms with Gasteiger partial charge in [-0.1, -0.05) is 0 Å². The highest BCUT2D eigenvalue weighted by Gasteiger charge is 2.15. The Kier molecular flexibility index (Phi) is 6.68. The molecule has 0 saturated heterocycles. The zero-order valence-electron chi connectivity index (χ0n) is 12.8. The lowest BCUT2D eigenvalue weighted by molar-refractivity contribution is -0.132. The zero-order valence-corrected chi connectivity index (χ0v) is 12.8. The number of ether oxygens (including phenoxy) is 4. The molecule has 0 aliphatic heterocycles. The molecule has 8 nitrogen and oxygen atoms in total. The maximum Gasteiger partial charge on any atom is 0.427 e. The lowest BCUT2D eigenvalue weighted by Gasteiger charge is -2.13. The maximum absolute atomic E-state index is 11.1. The Bertz CT molecular complexity index is 545. The van der Waals surface area contributed by atoms with E-state index in [1.807, 2.05) is 0 Å². The monoisotopic (exact) mass is 310 g/mol. The number of nitrogens with one attached hydrogen (secondary N) is 1. The van der Waals surface area contributed by atoms with Gasteiger partial charge < -0.3 is 18.9 Å². The van der Waals surface area contributed by atoms with Crippen molar-refractivity contribution in [3.63, 3.8) is 0 Å². The number of rotatable bonds is 6. The molecule has 0 heterocycles. The molecule has 1 N–H and O–H groups in total. The molecule has 0 aliphatic rings. The molecule has 8 heteroatoms. The van der Waals surface area contributed by atoms with Gasteiger partial charge in [0.15, 0.2) is 11.5 Å². The third kappa shape index (κ3) is 4.97. The van der Waals surface area contributed by atoms with Crippen molar-refractivity contribution in [1.82, 2.24) is 5.43 Å². The van der Waals surface area contributed by atoms with Crippen LogP contribution in [0, 0.1) is 0 Å². The molecule has 1 amide bonds. The summed E-state index contributed by atoms with van der Waals surface area (Å²) >= 11 is 0. The average molecular weight is 310 g/mol. The summed E-state index contributed by atoms with van der Waals surface area (Å²) in [5.74, 6) is 0.272. The lowest BCUT2D eigenvalue weighted by atomic mass is 10.2. The second kappa shape index (κ2) is 8.50. The Morgan fingerprint density at radius 1 is 1.23 bits per heavy atom. The summed E-state index contributed by atoms with van der Waals surface area (Å²) < 4.78 is 20.1. The van der Waals surface area contributed by atoms with Crippen molar-refractivity contribution in [2.75, 3.05) is 20.8 Å². The van der Waals surface area contributed by atoms with E-state index in [9.17, 15) is 9.59 Å². The molecule has 1 aromatic rings. The normalized spacial score (nSPS) is 10.2. The van der Waals surface area contributed by atoms with Crippen LogP contribution in [0.1, 0.15) is 19.4 Å². The fraction of sp³-hybridized carbons (Fsp3) is 0.357. The van der Waals surface area contributed by atoms with Gasteiger partial charge in [-0.15, -0.1) is 0 Å². The third-order valence-corrected chi connectivity index (χ3v) is 2.37. The minimum absolute atomic E-state index is 0.174. The molecule has 0 aromatic heterocycles. The van der Waals surface area contributed by atoms with Crippen LogP contribution in [0.3, 0.4) is 0 Å². The van der Waals surface area contributed by atoms with Crippen LogP contribution in [0.4, 0.5) is 4.79 Å². The van der Waals surface area contributed by atoms with Gasteiger partial charge >= 0.3 is 12.1 Å². The van der Waals surface area contributed by atoms with Crippen molar-refractivity contribution in [3.05, 3.63) is 17.7 Å². The Hall–Kier alpha value is -2.77. The van der Waals surface area contributed by atoms with Crippen molar-refractivity contribution in [2.45, 2.75) is 13.8 Å². The van der Waals surface area contributed by atoms with Crippen molar-refractivity contribution >= 4 is 18.3 Å². The number of benzene rings is 1. The van der Waals surface area contributed by atoms with E-state index in [2.05, 4.69) is 15.3 Å². The van der Waals surface area contributed by atoms with Crippen LogP contribution in [0.25, 0.3) is 0 Å². The fourth-order valence-corrected chi connectivity index (χ4v) is 1.54. The van der Waals surface area contributed by atoms with Crippen molar-refractivity contribution < 1.29 is 28.5 Å². The van der Waals surface area contributed by atoms with Gasteiger partial charge in [-0.05, 0) is 19.1 Å². The minimum Gasteiger partial charge on any atom is -0.493 e. The number of amides is 1. The summed E-state index contributed by atoms with van der Waals surface area (Å²) in [7, 11) is 2.86. The van der Waals surface area contributed by atoms with Gasteiger partial charge in [0.1, 0.15) is 0 Å². The largest absolute Gasteiger partial charge is 0.493 e. The number of methoxy groups -OCH3 is 2. The molecule has 1 aromatic carbocycles. The lowest BCUT2D eigenvalue weighted by Crippen LogP contribution is -2.18. The van der Waals surface area contributed by atoms with Gasteiger partial charge in [0, 0.05) is 12.5 Å². The number of esters is 1. The predicted octanol–water partition coefficient (Wildman–Crippen LogP) is 1.71. The number of hydrogen-bond donors (Lipinski definition) is 1. The highest BCUT2D eigenvalue weighted by Crippen LogP contribution is 2.38. The van der Waals surface area contributed by atoms with Gasteiger partial charge in [0.05, 0.1) is 27.0 Å². The average Bonchev–Trinajstić information content (AvgIpc) is 2.48. The highest BCUT2D eigenvalue weighted by atomic mass is 16.6.